The Labute approximate surface area is 103 Å². The highest BCUT2D eigenvalue weighted by Crippen LogP contribution is 2.27. The molecule has 2 aliphatic rings. The molecule has 2 atom stereocenters. The molecule has 3 nitrogen and oxygen atoms in total. The highest BCUT2D eigenvalue weighted by molar-refractivity contribution is 8.00. The van der Waals surface area contributed by atoms with Crippen LogP contribution in [0.15, 0.2) is 0 Å². The minimum atomic E-state index is -0.443. The third kappa shape index (κ3) is 2.92. The Morgan fingerprint density at radius 1 is 1.38 bits per heavy atom. The fraction of sp³-hybridized carbons (Fsp3) is 1.00. The van der Waals surface area contributed by atoms with Crippen molar-refractivity contribution in [1.82, 2.24) is 10.2 Å². The molecule has 0 spiro atoms. The molecule has 2 heterocycles. The molecule has 94 valence electrons. The first-order valence-electron chi connectivity index (χ1n) is 6.39. The molecule has 2 saturated heterocycles. The van der Waals surface area contributed by atoms with Crippen molar-refractivity contribution in [2.75, 3.05) is 31.9 Å². The fourth-order valence-electron chi connectivity index (χ4n) is 2.65. The smallest absolute Gasteiger partial charge is 0.0798 e. The molecule has 2 aliphatic heterocycles. The molecule has 4 heteroatoms. The molecule has 0 aromatic heterocycles. The number of hydrogen-bond donors (Lipinski definition) is 2. The van der Waals surface area contributed by atoms with Crippen LogP contribution >= 0.6 is 11.8 Å². The van der Waals surface area contributed by atoms with E-state index in [1.54, 1.807) is 0 Å². The Bertz CT molecular complexity index is 231. The molecule has 0 amide bonds. The van der Waals surface area contributed by atoms with Gasteiger partial charge in [-0.25, -0.2) is 0 Å². The summed E-state index contributed by atoms with van der Waals surface area (Å²) in [4.78, 5) is 2.48. The summed E-state index contributed by atoms with van der Waals surface area (Å²) < 4.78 is 0. The molecule has 0 saturated carbocycles. The van der Waals surface area contributed by atoms with Crippen LogP contribution in [0.3, 0.4) is 0 Å². The van der Waals surface area contributed by atoms with Crippen molar-refractivity contribution < 1.29 is 5.11 Å². The maximum Gasteiger partial charge on any atom is 0.0798 e. The van der Waals surface area contributed by atoms with Crippen LogP contribution in [0, 0.1) is 0 Å². The van der Waals surface area contributed by atoms with Crippen molar-refractivity contribution in [3.05, 3.63) is 0 Å². The Balaban J connectivity index is 1.92. The van der Waals surface area contributed by atoms with Crippen LogP contribution in [-0.2, 0) is 0 Å². The molecule has 2 fully saturated rings. The summed E-state index contributed by atoms with van der Waals surface area (Å²) in [6.07, 6.45) is 1.80. The van der Waals surface area contributed by atoms with E-state index in [1.807, 2.05) is 0 Å². The Morgan fingerprint density at radius 3 is 2.75 bits per heavy atom. The molecule has 0 aliphatic carbocycles. The Morgan fingerprint density at radius 2 is 2.06 bits per heavy atom. The van der Waals surface area contributed by atoms with Gasteiger partial charge in [-0.2, -0.15) is 11.8 Å². The zero-order chi connectivity index (χ0) is 11.6. The van der Waals surface area contributed by atoms with E-state index in [9.17, 15) is 5.11 Å². The molecule has 0 bridgehead atoms. The van der Waals surface area contributed by atoms with Crippen LogP contribution in [0.5, 0.6) is 0 Å². The van der Waals surface area contributed by atoms with Gasteiger partial charge < -0.3 is 10.4 Å². The van der Waals surface area contributed by atoms with E-state index < -0.39 is 5.60 Å². The molecule has 0 aromatic carbocycles. The number of thioether (sulfide) groups is 1. The summed E-state index contributed by atoms with van der Waals surface area (Å²) in [6, 6.07) is 0.595. The molecule has 2 rings (SSSR count). The van der Waals surface area contributed by atoms with Gasteiger partial charge in [-0.05, 0) is 32.9 Å². The van der Waals surface area contributed by atoms with Crippen molar-refractivity contribution in [2.24, 2.45) is 0 Å². The second kappa shape index (κ2) is 5.25. The Hall–Kier alpha value is 0.230. The average molecular weight is 244 g/mol. The molecular formula is C12H24N2OS. The normalized spacial score (nSPS) is 36.2. The van der Waals surface area contributed by atoms with E-state index in [1.165, 1.54) is 5.75 Å². The topological polar surface area (TPSA) is 35.5 Å². The van der Waals surface area contributed by atoms with Crippen LogP contribution < -0.4 is 5.32 Å². The largest absolute Gasteiger partial charge is 0.388 e. The number of rotatable bonds is 2. The van der Waals surface area contributed by atoms with Crippen LogP contribution in [0.25, 0.3) is 0 Å². The Kier molecular flexibility index (Phi) is 4.16. The molecule has 16 heavy (non-hydrogen) atoms. The van der Waals surface area contributed by atoms with Crippen LogP contribution in [-0.4, -0.2) is 58.8 Å². The standard InChI is InChI=1S/C12H24N2OS/c1-10-11(2)16-8-7-14(10)9-12(15)3-5-13-6-4-12/h10-11,13,15H,3-9H2,1-2H3. The van der Waals surface area contributed by atoms with Gasteiger partial charge in [-0.1, -0.05) is 6.92 Å². The van der Waals surface area contributed by atoms with E-state index in [4.69, 9.17) is 0 Å². The summed E-state index contributed by atoms with van der Waals surface area (Å²) >= 11 is 2.06. The highest BCUT2D eigenvalue weighted by atomic mass is 32.2. The zero-order valence-corrected chi connectivity index (χ0v) is 11.2. The predicted octanol–water partition coefficient (Wildman–Crippen LogP) is 0.927. The summed E-state index contributed by atoms with van der Waals surface area (Å²) in [5.74, 6) is 1.21. The first-order valence-corrected chi connectivity index (χ1v) is 7.44. The average Bonchev–Trinajstić information content (AvgIpc) is 2.26. The van der Waals surface area contributed by atoms with Gasteiger partial charge in [0, 0.05) is 30.1 Å². The van der Waals surface area contributed by atoms with Gasteiger partial charge in [0.1, 0.15) is 0 Å². The quantitative estimate of drug-likeness (QED) is 0.757. The first-order chi connectivity index (χ1) is 7.61. The number of piperidine rings is 1. The summed E-state index contributed by atoms with van der Waals surface area (Å²) in [5.41, 5.74) is -0.443. The lowest BCUT2D eigenvalue weighted by atomic mass is 9.91. The zero-order valence-electron chi connectivity index (χ0n) is 10.4. The minimum absolute atomic E-state index is 0.443. The van der Waals surface area contributed by atoms with Gasteiger partial charge in [-0.3, -0.25) is 4.90 Å². The van der Waals surface area contributed by atoms with Crippen molar-refractivity contribution in [2.45, 2.75) is 43.6 Å². The number of hydrogen-bond acceptors (Lipinski definition) is 4. The van der Waals surface area contributed by atoms with Crippen molar-refractivity contribution >= 4 is 11.8 Å². The highest BCUT2D eigenvalue weighted by Gasteiger charge is 2.35. The monoisotopic (exact) mass is 244 g/mol. The second-order valence-electron chi connectivity index (χ2n) is 5.26. The third-order valence-corrected chi connectivity index (χ3v) is 5.38. The number of β-amino-alcohol motifs (C(OH)–C–C–N with tert-alkyl or cyclic N) is 1. The summed E-state index contributed by atoms with van der Waals surface area (Å²) in [5, 5.41) is 14.5. The SMILES string of the molecule is CC1SCCN(CC2(O)CCNCC2)C1C. The number of aliphatic hydroxyl groups is 1. The van der Waals surface area contributed by atoms with Gasteiger partial charge >= 0.3 is 0 Å². The maximum absolute atomic E-state index is 10.5. The lowest BCUT2D eigenvalue weighted by molar-refractivity contribution is -0.0285. The predicted molar refractivity (Wildman–Crippen MR) is 70.0 cm³/mol. The van der Waals surface area contributed by atoms with Crippen molar-refractivity contribution in [1.29, 1.82) is 0 Å². The van der Waals surface area contributed by atoms with Gasteiger partial charge in [0.05, 0.1) is 5.60 Å². The second-order valence-corrected chi connectivity index (χ2v) is 6.75. The van der Waals surface area contributed by atoms with Crippen molar-refractivity contribution in [3.63, 3.8) is 0 Å². The number of nitrogens with zero attached hydrogens (tertiary/aromatic N) is 1. The van der Waals surface area contributed by atoms with Gasteiger partial charge in [-0.15, -0.1) is 0 Å². The molecule has 0 radical (unpaired) electrons. The van der Waals surface area contributed by atoms with Gasteiger partial charge in [0.15, 0.2) is 0 Å². The first kappa shape index (κ1) is 12.7. The molecule has 0 aromatic rings. The number of nitrogens with one attached hydrogen (secondary N) is 1. The lowest BCUT2D eigenvalue weighted by Gasteiger charge is -2.43. The minimum Gasteiger partial charge on any atom is -0.388 e. The molecule has 2 unspecified atom stereocenters. The lowest BCUT2D eigenvalue weighted by Crippen LogP contribution is -2.55. The molecular weight excluding hydrogens is 220 g/mol. The van der Waals surface area contributed by atoms with E-state index in [0.29, 0.717) is 11.3 Å². The summed E-state index contributed by atoms with van der Waals surface area (Å²) in [7, 11) is 0. The van der Waals surface area contributed by atoms with E-state index in [-0.39, 0.29) is 0 Å². The molecule has 2 N–H and O–H groups in total. The van der Waals surface area contributed by atoms with Gasteiger partial charge in [0.2, 0.25) is 0 Å². The van der Waals surface area contributed by atoms with E-state index >= 15 is 0 Å². The summed E-state index contributed by atoms with van der Waals surface area (Å²) in [6.45, 7) is 8.51. The third-order valence-electron chi connectivity index (χ3n) is 4.05. The maximum atomic E-state index is 10.5. The van der Waals surface area contributed by atoms with E-state index in [0.717, 1.165) is 39.0 Å². The van der Waals surface area contributed by atoms with Crippen LogP contribution in [0.4, 0.5) is 0 Å². The van der Waals surface area contributed by atoms with Crippen molar-refractivity contribution in [3.8, 4) is 0 Å². The van der Waals surface area contributed by atoms with E-state index in [2.05, 4.69) is 35.8 Å². The van der Waals surface area contributed by atoms with Crippen LogP contribution in [0.2, 0.25) is 0 Å². The fourth-order valence-corrected chi connectivity index (χ4v) is 3.81. The van der Waals surface area contributed by atoms with Gasteiger partial charge in [0.25, 0.3) is 0 Å². The van der Waals surface area contributed by atoms with Crippen LogP contribution in [0.1, 0.15) is 26.7 Å².